The molecule has 0 aliphatic carbocycles. The number of rotatable bonds is 5. The van der Waals surface area contributed by atoms with E-state index in [0.717, 1.165) is 22.4 Å². The molecule has 6 nitrogen and oxygen atoms in total. The molecule has 0 amide bonds. The number of aromatic nitrogens is 2. The number of nitrogens with zero attached hydrogens (tertiary/aromatic N) is 2. The Morgan fingerprint density at radius 3 is 2.14 bits per heavy atom. The second-order valence-corrected chi connectivity index (χ2v) is 9.39. The van der Waals surface area contributed by atoms with Gasteiger partial charge < -0.3 is 0 Å². The molecule has 0 aliphatic rings. The molecule has 0 atom stereocenters. The highest BCUT2D eigenvalue weighted by atomic mass is 32.2. The van der Waals surface area contributed by atoms with Crippen molar-refractivity contribution in [2.75, 3.05) is 4.72 Å². The molecule has 0 saturated heterocycles. The molecule has 0 unspecified atom stereocenters. The average Bonchev–Trinajstić information content (AvgIpc) is 2.87. The van der Waals surface area contributed by atoms with Crippen molar-refractivity contribution in [3.8, 4) is 5.69 Å². The van der Waals surface area contributed by atoms with Crippen molar-refractivity contribution in [1.29, 1.82) is 0 Å². The third-order valence-corrected chi connectivity index (χ3v) is 6.59. The summed E-state index contributed by atoms with van der Waals surface area (Å²) in [7, 11) is -1.90. The molecule has 0 bridgehead atoms. The second-order valence-electron chi connectivity index (χ2n) is 7.71. The lowest BCUT2D eigenvalue weighted by atomic mass is 10.0. The van der Waals surface area contributed by atoms with Gasteiger partial charge in [0.25, 0.3) is 15.6 Å². The van der Waals surface area contributed by atoms with Crippen LogP contribution in [0.15, 0.2) is 52.2 Å². The van der Waals surface area contributed by atoms with Gasteiger partial charge in [0.05, 0.1) is 16.3 Å². The van der Waals surface area contributed by atoms with Gasteiger partial charge in [-0.2, -0.15) is 0 Å². The van der Waals surface area contributed by atoms with Crippen molar-refractivity contribution < 1.29 is 8.42 Å². The predicted octanol–water partition coefficient (Wildman–Crippen LogP) is 4.03. The quantitative estimate of drug-likeness (QED) is 0.686. The molecule has 154 valence electrons. The molecule has 0 fully saturated rings. The molecule has 29 heavy (non-hydrogen) atoms. The van der Waals surface area contributed by atoms with Crippen LogP contribution in [0.2, 0.25) is 0 Å². The van der Waals surface area contributed by atoms with E-state index in [4.69, 9.17) is 0 Å². The molecule has 2 aromatic carbocycles. The van der Waals surface area contributed by atoms with Gasteiger partial charge in [0.2, 0.25) is 0 Å². The SMILES string of the molecule is Cc1ccc(C)c(NS(=O)(=O)c2ccc(-n3c(=O)c(C(C)C)c(C)n3C)cc2)c1. The zero-order chi connectivity index (χ0) is 21.5. The Morgan fingerprint density at radius 1 is 0.966 bits per heavy atom. The molecule has 0 spiro atoms. The second kappa shape index (κ2) is 7.55. The monoisotopic (exact) mass is 413 g/mol. The number of sulfonamides is 1. The Kier molecular flexibility index (Phi) is 5.45. The Labute approximate surface area is 171 Å². The van der Waals surface area contributed by atoms with E-state index in [2.05, 4.69) is 4.72 Å². The topological polar surface area (TPSA) is 73.1 Å². The molecular weight excluding hydrogens is 386 g/mol. The summed E-state index contributed by atoms with van der Waals surface area (Å²) < 4.78 is 31.6. The summed E-state index contributed by atoms with van der Waals surface area (Å²) in [6.45, 7) is 9.67. The van der Waals surface area contributed by atoms with Gasteiger partial charge >= 0.3 is 0 Å². The van der Waals surface area contributed by atoms with Crippen molar-refractivity contribution in [3.05, 3.63) is 75.2 Å². The van der Waals surface area contributed by atoms with Crippen LogP contribution >= 0.6 is 0 Å². The highest BCUT2D eigenvalue weighted by molar-refractivity contribution is 7.92. The van der Waals surface area contributed by atoms with Gasteiger partial charge in [-0.15, -0.1) is 0 Å². The summed E-state index contributed by atoms with van der Waals surface area (Å²) in [6, 6.07) is 12.0. The smallest absolute Gasteiger partial charge is 0.275 e. The van der Waals surface area contributed by atoms with Gasteiger partial charge in [-0.3, -0.25) is 14.2 Å². The molecule has 7 heteroatoms. The van der Waals surface area contributed by atoms with E-state index < -0.39 is 10.0 Å². The van der Waals surface area contributed by atoms with Crippen molar-refractivity contribution in [1.82, 2.24) is 9.36 Å². The first kappa shape index (κ1) is 20.9. The lowest BCUT2D eigenvalue weighted by Gasteiger charge is -2.13. The molecule has 0 aliphatic heterocycles. The van der Waals surface area contributed by atoms with Gasteiger partial charge in [0.1, 0.15) is 0 Å². The maximum absolute atomic E-state index is 12.9. The van der Waals surface area contributed by atoms with Crippen LogP contribution in [0.1, 0.15) is 42.1 Å². The highest BCUT2D eigenvalue weighted by Crippen LogP contribution is 2.22. The third-order valence-electron chi connectivity index (χ3n) is 5.20. The summed E-state index contributed by atoms with van der Waals surface area (Å²) in [6.07, 6.45) is 0. The van der Waals surface area contributed by atoms with Crippen LogP contribution in [-0.2, 0) is 17.1 Å². The summed E-state index contributed by atoms with van der Waals surface area (Å²) in [4.78, 5) is 13.0. The Balaban J connectivity index is 1.98. The van der Waals surface area contributed by atoms with Crippen LogP contribution in [0.3, 0.4) is 0 Å². The molecule has 0 radical (unpaired) electrons. The minimum Gasteiger partial charge on any atom is -0.285 e. The maximum atomic E-state index is 12.9. The molecule has 1 N–H and O–H groups in total. The van der Waals surface area contributed by atoms with E-state index in [0.29, 0.717) is 11.4 Å². The number of benzene rings is 2. The van der Waals surface area contributed by atoms with Crippen LogP contribution in [0, 0.1) is 20.8 Å². The molecule has 3 aromatic rings. The predicted molar refractivity (Wildman–Crippen MR) is 117 cm³/mol. The Bertz CT molecular complexity index is 1220. The minimum atomic E-state index is -3.73. The van der Waals surface area contributed by atoms with Crippen molar-refractivity contribution in [3.63, 3.8) is 0 Å². The lowest BCUT2D eigenvalue weighted by molar-refractivity contribution is 0.601. The summed E-state index contributed by atoms with van der Waals surface area (Å²) in [5.74, 6) is 0.108. The molecular formula is C22H27N3O3S. The third kappa shape index (κ3) is 3.87. The fourth-order valence-corrected chi connectivity index (χ4v) is 4.62. The van der Waals surface area contributed by atoms with E-state index in [-0.39, 0.29) is 16.4 Å². The summed E-state index contributed by atoms with van der Waals surface area (Å²) >= 11 is 0. The first-order chi connectivity index (χ1) is 13.5. The first-order valence-corrected chi connectivity index (χ1v) is 11.0. The van der Waals surface area contributed by atoms with Crippen LogP contribution in [0.5, 0.6) is 0 Å². The van der Waals surface area contributed by atoms with E-state index in [1.807, 2.05) is 53.8 Å². The summed E-state index contributed by atoms with van der Waals surface area (Å²) in [5, 5.41) is 0. The normalized spacial score (nSPS) is 11.8. The molecule has 0 saturated carbocycles. The van der Waals surface area contributed by atoms with E-state index in [1.54, 1.807) is 27.6 Å². The van der Waals surface area contributed by atoms with Gasteiger partial charge in [-0.05, 0) is 68.1 Å². The standard InChI is InChI=1S/C22H27N3O3S/c1-14(2)21-17(5)24(6)25(22(21)26)18-9-11-19(12-10-18)29(27,28)23-20-13-15(3)7-8-16(20)4/h7-14,23H,1-6H3. The van der Waals surface area contributed by atoms with E-state index in [9.17, 15) is 13.2 Å². The lowest BCUT2D eigenvalue weighted by Crippen LogP contribution is -2.21. The first-order valence-electron chi connectivity index (χ1n) is 9.52. The number of anilines is 1. The number of nitrogens with one attached hydrogen (secondary N) is 1. The van der Waals surface area contributed by atoms with Crippen molar-refractivity contribution >= 4 is 15.7 Å². The van der Waals surface area contributed by atoms with Crippen LogP contribution in [0.25, 0.3) is 5.69 Å². The Hall–Kier alpha value is -2.80. The number of aryl methyl sites for hydroxylation is 2. The zero-order valence-electron chi connectivity index (χ0n) is 17.6. The van der Waals surface area contributed by atoms with Crippen LogP contribution in [0.4, 0.5) is 5.69 Å². The van der Waals surface area contributed by atoms with Gasteiger partial charge in [-0.25, -0.2) is 13.1 Å². The average molecular weight is 414 g/mol. The van der Waals surface area contributed by atoms with Crippen LogP contribution < -0.4 is 10.3 Å². The van der Waals surface area contributed by atoms with E-state index in [1.165, 1.54) is 12.1 Å². The fraction of sp³-hybridized carbons (Fsp3) is 0.318. The summed E-state index contributed by atoms with van der Waals surface area (Å²) in [5.41, 5.74) is 4.59. The van der Waals surface area contributed by atoms with Crippen molar-refractivity contribution in [2.24, 2.45) is 7.05 Å². The highest BCUT2D eigenvalue weighted by Gasteiger charge is 2.20. The van der Waals surface area contributed by atoms with Gasteiger partial charge in [0.15, 0.2) is 0 Å². The minimum absolute atomic E-state index is 0.0795. The van der Waals surface area contributed by atoms with E-state index >= 15 is 0 Å². The maximum Gasteiger partial charge on any atom is 0.275 e. The number of hydrogen-bond donors (Lipinski definition) is 1. The largest absolute Gasteiger partial charge is 0.285 e. The molecule has 1 heterocycles. The van der Waals surface area contributed by atoms with Gasteiger partial charge in [-0.1, -0.05) is 26.0 Å². The van der Waals surface area contributed by atoms with Crippen molar-refractivity contribution in [2.45, 2.75) is 45.4 Å². The fourth-order valence-electron chi connectivity index (χ4n) is 3.50. The zero-order valence-corrected chi connectivity index (χ0v) is 18.5. The Morgan fingerprint density at radius 2 is 1.59 bits per heavy atom. The molecule has 1 aromatic heterocycles. The molecule has 3 rings (SSSR count). The number of hydrogen-bond acceptors (Lipinski definition) is 3. The van der Waals surface area contributed by atoms with Crippen LogP contribution in [-0.4, -0.2) is 17.8 Å². The van der Waals surface area contributed by atoms with Gasteiger partial charge in [0, 0.05) is 18.3 Å².